The number of urea groups is 1. The molecule has 0 spiro atoms. The molecule has 67 heavy (non-hydrogen) atoms. The molecule has 16 nitrogen and oxygen atoms in total. The number of esters is 1. The number of amides is 6. The van der Waals surface area contributed by atoms with Gasteiger partial charge in [-0.1, -0.05) is 105 Å². The number of carbonyl (C=O) groups is 6. The highest BCUT2D eigenvalue weighted by Crippen LogP contribution is 2.24. The van der Waals surface area contributed by atoms with Crippen molar-refractivity contribution in [2.75, 3.05) is 39.5 Å². The molecule has 3 aromatic carbocycles. The van der Waals surface area contributed by atoms with Gasteiger partial charge in [-0.25, -0.2) is 14.4 Å². The van der Waals surface area contributed by atoms with Gasteiger partial charge in [-0.2, -0.15) is 0 Å². The van der Waals surface area contributed by atoms with E-state index in [0.717, 1.165) is 16.7 Å². The molecule has 0 aromatic heterocycles. The Kier molecular flexibility index (Phi) is 20.2. The van der Waals surface area contributed by atoms with Gasteiger partial charge in [-0.05, 0) is 82.4 Å². The minimum absolute atomic E-state index is 0.0708. The topological polar surface area (TPSA) is 200 Å². The van der Waals surface area contributed by atoms with E-state index in [0.29, 0.717) is 52.4 Å². The van der Waals surface area contributed by atoms with Gasteiger partial charge < -0.3 is 44.5 Å². The Balaban J connectivity index is 1.45. The van der Waals surface area contributed by atoms with E-state index in [1.165, 1.54) is 4.90 Å². The SMILES string of the molecule is CC(OC1CCOCC1)C(=O)OC(CC(Cc1ccccc1)C(=O)NC(C(=O)NC(Cc1ccccc1)C(=O)NC(=O)N1CCOCC1)C(C)C)C(Cc1ccccc1)NC(=O)OC(C)(C)C. The normalized spacial score (nSPS) is 17.1. The lowest BCUT2D eigenvalue weighted by Gasteiger charge is -2.33. The smallest absolute Gasteiger partial charge is 0.408 e. The Bertz CT molecular complexity index is 2040. The molecule has 4 N–H and O–H groups in total. The first-order chi connectivity index (χ1) is 32.0. The van der Waals surface area contributed by atoms with Crippen molar-refractivity contribution in [2.45, 2.75) is 122 Å². The summed E-state index contributed by atoms with van der Waals surface area (Å²) < 4.78 is 29.0. The van der Waals surface area contributed by atoms with E-state index in [1.807, 2.05) is 91.0 Å². The Morgan fingerprint density at radius 3 is 1.76 bits per heavy atom. The van der Waals surface area contributed by atoms with E-state index in [1.54, 1.807) is 41.5 Å². The molecule has 3 aromatic rings. The largest absolute Gasteiger partial charge is 0.458 e. The molecule has 2 fully saturated rings. The van der Waals surface area contributed by atoms with Gasteiger partial charge in [0.15, 0.2) is 6.10 Å². The van der Waals surface area contributed by atoms with Crippen molar-refractivity contribution in [1.29, 1.82) is 0 Å². The van der Waals surface area contributed by atoms with E-state index < -0.39 is 83.6 Å². The molecular formula is C51H69N5O11. The van der Waals surface area contributed by atoms with Crippen LogP contribution in [-0.2, 0) is 62.1 Å². The second-order valence-corrected chi connectivity index (χ2v) is 18.5. The molecule has 0 aliphatic carbocycles. The lowest BCUT2D eigenvalue weighted by Crippen LogP contribution is -2.58. The summed E-state index contributed by atoms with van der Waals surface area (Å²) in [7, 11) is 0. The molecule has 6 amide bonds. The zero-order valence-corrected chi connectivity index (χ0v) is 39.7. The summed E-state index contributed by atoms with van der Waals surface area (Å²) in [5.41, 5.74) is 1.53. The van der Waals surface area contributed by atoms with Gasteiger partial charge in [0.1, 0.15) is 23.8 Å². The van der Waals surface area contributed by atoms with E-state index in [4.69, 9.17) is 23.7 Å². The first kappa shape index (κ1) is 52.1. The zero-order chi connectivity index (χ0) is 48.3. The van der Waals surface area contributed by atoms with Crippen LogP contribution < -0.4 is 21.3 Å². The van der Waals surface area contributed by atoms with Crippen LogP contribution in [0.15, 0.2) is 91.0 Å². The highest BCUT2D eigenvalue weighted by molar-refractivity contribution is 5.99. The second-order valence-electron chi connectivity index (χ2n) is 18.5. The molecule has 5 rings (SSSR count). The van der Waals surface area contributed by atoms with Crippen LogP contribution in [-0.4, -0.2) is 122 Å². The third-order valence-electron chi connectivity index (χ3n) is 11.5. The van der Waals surface area contributed by atoms with E-state index in [2.05, 4.69) is 21.3 Å². The fourth-order valence-electron chi connectivity index (χ4n) is 7.92. The first-order valence-electron chi connectivity index (χ1n) is 23.4. The summed E-state index contributed by atoms with van der Waals surface area (Å²) >= 11 is 0. The van der Waals surface area contributed by atoms with Crippen molar-refractivity contribution in [2.24, 2.45) is 11.8 Å². The number of rotatable bonds is 20. The molecule has 2 saturated heterocycles. The van der Waals surface area contributed by atoms with Crippen LogP contribution in [0.1, 0.15) is 77.5 Å². The van der Waals surface area contributed by atoms with Gasteiger partial charge >= 0.3 is 18.1 Å². The van der Waals surface area contributed by atoms with Gasteiger partial charge in [0, 0.05) is 38.6 Å². The minimum atomic E-state index is -1.18. The number of imide groups is 1. The third-order valence-corrected chi connectivity index (χ3v) is 11.5. The summed E-state index contributed by atoms with van der Waals surface area (Å²) in [4.78, 5) is 85.3. The molecule has 2 aliphatic heterocycles. The lowest BCUT2D eigenvalue weighted by atomic mass is 9.88. The van der Waals surface area contributed by atoms with Gasteiger partial charge in [-0.3, -0.25) is 19.7 Å². The number of morpholine rings is 1. The number of benzene rings is 3. The Labute approximate surface area is 394 Å². The standard InChI is InChI=1S/C51H69N5O11/c1-34(2)44(47(59)52-42(32-38-20-14-9-15-21-38)46(58)55-49(61)56-24-28-64-29-25-56)54-45(57)39(30-36-16-10-7-11-17-36)33-43(66-48(60)35(3)65-40-22-26-63-27-23-40)41(31-37-18-12-8-13-19-37)53-50(62)67-51(4,5)6/h7-21,34-35,39-44H,22-33H2,1-6H3,(H,52,59)(H,53,62)(H,54,57)(H,55,58,61). The third kappa shape index (κ3) is 17.7. The molecular weight excluding hydrogens is 859 g/mol. The van der Waals surface area contributed by atoms with E-state index in [-0.39, 0.29) is 31.8 Å². The molecule has 364 valence electrons. The molecule has 0 radical (unpaired) electrons. The highest BCUT2D eigenvalue weighted by atomic mass is 16.6. The summed E-state index contributed by atoms with van der Waals surface area (Å²) in [5, 5.41) is 11.2. The molecule has 2 aliphatic rings. The Morgan fingerprint density at radius 2 is 1.21 bits per heavy atom. The number of ether oxygens (including phenoxy) is 5. The van der Waals surface area contributed by atoms with Crippen LogP contribution in [0.25, 0.3) is 0 Å². The Hall–Kier alpha value is -5.84. The van der Waals surface area contributed by atoms with Gasteiger partial charge in [-0.15, -0.1) is 0 Å². The van der Waals surface area contributed by atoms with Crippen LogP contribution in [0.2, 0.25) is 0 Å². The van der Waals surface area contributed by atoms with Crippen LogP contribution in [0.5, 0.6) is 0 Å². The van der Waals surface area contributed by atoms with Crippen molar-refractivity contribution in [3.05, 3.63) is 108 Å². The van der Waals surface area contributed by atoms with Crippen molar-refractivity contribution in [3.63, 3.8) is 0 Å². The predicted octanol–water partition coefficient (Wildman–Crippen LogP) is 5.30. The van der Waals surface area contributed by atoms with Crippen molar-refractivity contribution in [1.82, 2.24) is 26.2 Å². The second kappa shape index (κ2) is 25.9. The number of hydrogen-bond acceptors (Lipinski definition) is 11. The summed E-state index contributed by atoms with van der Waals surface area (Å²) in [6, 6.07) is 24.0. The van der Waals surface area contributed by atoms with Crippen LogP contribution in [0, 0.1) is 11.8 Å². The van der Waals surface area contributed by atoms with Crippen molar-refractivity contribution < 1.29 is 52.5 Å². The van der Waals surface area contributed by atoms with Gasteiger partial charge in [0.25, 0.3) is 5.91 Å². The molecule has 2 heterocycles. The summed E-state index contributed by atoms with van der Waals surface area (Å²) in [6.07, 6.45) is -1.42. The number of nitrogens with one attached hydrogen (secondary N) is 4. The maximum atomic E-state index is 14.9. The average Bonchev–Trinajstić information content (AvgIpc) is 3.30. The molecule has 6 atom stereocenters. The average molecular weight is 928 g/mol. The highest BCUT2D eigenvalue weighted by Gasteiger charge is 2.38. The number of alkyl carbamates (subject to hydrolysis) is 1. The van der Waals surface area contributed by atoms with Crippen LogP contribution in [0.4, 0.5) is 9.59 Å². The fraction of sp³-hybridized carbons (Fsp3) is 0.529. The minimum Gasteiger partial charge on any atom is -0.458 e. The van der Waals surface area contributed by atoms with Gasteiger partial charge in [0.2, 0.25) is 11.8 Å². The van der Waals surface area contributed by atoms with Crippen molar-refractivity contribution >= 4 is 35.8 Å². The van der Waals surface area contributed by atoms with Crippen molar-refractivity contribution in [3.8, 4) is 0 Å². The monoisotopic (exact) mass is 927 g/mol. The Morgan fingerprint density at radius 1 is 0.672 bits per heavy atom. The van der Waals surface area contributed by atoms with E-state index in [9.17, 15) is 28.8 Å². The lowest BCUT2D eigenvalue weighted by molar-refractivity contribution is -0.170. The van der Waals surface area contributed by atoms with E-state index >= 15 is 0 Å². The predicted molar refractivity (Wildman–Crippen MR) is 251 cm³/mol. The molecule has 6 unspecified atom stereocenters. The number of nitrogens with zero attached hydrogens (tertiary/aromatic N) is 1. The summed E-state index contributed by atoms with van der Waals surface area (Å²) in [6.45, 7) is 12.7. The maximum absolute atomic E-state index is 14.9. The molecule has 16 heteroatoms. The van der Waals surface area contributed by atoms with Gasteiger partial charge in [0.05, 0.1) is 25.4 Å². The summed E-state index contributed by atoms with van der Waals surface area (Å²) in [5.74, 6) is -3.91. The number of carbonyl (C=O) groups excluding carboxylic acids is 6. The van der Waals surface area contributed by atoms with Crippen LogP contribution >= 0.6 is 0 Å². The zero-order valence-electron chi connectivity index (χ0n) is 39.7. The fourth-order valence-corrected chi connectivity index (χ4v) is 7.92. The molecule has 0 bridgehead atoms. The first-order valence-corrected chi connectivity index (χ1v) is 23.4. The van der Waals surface area contributed by atoms with Crippen LogP contribution in [0.3, 0.4) is 0 Å². The maximum Gasteiger partial charge on any atom is 0.408 e. The number of hydrogen-bond donors (Lipinski definition) is 4. The quantitative estimate of drug-likeness (QED) is 0.107. The molecule has 0 saturated carbocycles.